The predicted molar refractivity (Wildman–Crippen MR) is 97.6 cm³/mol. The molecule has 0 radical (unpaired) electrons. The largest absolute Gasteiger partial charge is 0.354 e. The molecule has 2 heterocycles. The van der Waals surface area contributed by atoms with Crippen LogP contribution in [-0.2, 0) is 24.8 Å². The molecular weight excluding hydrogens is 316 g/mol. The molecular formula is C19H22N4O2. The number of nitrogens with zero attached hydrogens (tertiary/aromatic N) is 3. The van der Waals surface area contributed by atoms with Gasteiger partial charge >= 0.3 is 0 Å². The van der Waals surface area contributed by atoms with Gasteiger partial charge in [-0.2, -0.15) is 0 Å². The number of nitrogens with one attached hydrogen (secondary N) is 1. The highest BCUT2D eigenvalue weighted by atomic mass is 16.1. The van der Waals surface area contributed by atoms with Crippen LogP contribution in [0.25, 0.3) is 10.9 Å². The number of carbonyl (C=O) groups excluding carboxylic acids is 1. The molecule has 6 nitrogen and oxygen atoms in total. The Morgan fingerprint density at radius 3 is 2.80 bits per heavy atom. The van der Waals surface area contributed by atoms with E-state index >= 15 is 0 Å². The maximum atomic E-state index is 12.2. The van der Waals surface area contributed by atoms with Crippen molar-refractivity contribution in [1.82, 2.24) is 19.4 Å². The first-order valence-corrected chi connectivity index (χ1v) is 8.29. The van der Waals surface area contributed by atoms with Gasteiger partial charge in [-0.1, -0.05) is 18.2 Å². The van der Waals surface area contributed by atoms with Crippen molar-refractivity contribution < 1.29 is 4.79 Å². The van der Waals surface area contributed by atoms with Crippen LogP contribution in [0, 0.1) is 13.8 Å². The van der Waals surface area contributed by atoms with Gasteiger partial charge in [-0.15, -0.1) is 0 Å². The smallest absolute Gasteiger partial charge is 0.256 e. The normalized spacial score (nSPS) is 11.0. The van der Waals surface area contributed by atoms with E-state index in [0.717, 1.165) is 22.2 Å². The Morgan fingerprint density at radius 1 is 1.24 bits per heavy atom. The maximum absolute atomic E-state index is 12.2. The monoisotopic (exact) mass is 338 g/mol. The van der Waals surface area contributed by atoms with Crippen molar-refractivity contribution in [2.75, 3.05) is 6.54 Å². The second-order valence-electron chi connectivity index (χ2n) is 6.26. The Labute approximate surface area is 146 Å². The zero-order valence-corrected chi connectivity index (χ0v) is 14.7. The number of fused-ring (bicyclic) bond motifs is 1. The van der Waals surface area contributed by atoms with Crippen LogP contribution >= 0.6 is 0 Å². The van der Waals surface area contributed by atoms with Crippen LogP contribution in [-0.4, -0.2) is 26.6 Å². The first-order chi connectivity index (χ1) is 12.0. The van der Waals surface area contributed by atoms with E-state index in [2.05, 4.69) is 10.3 Å². The van der Waals surface area contributed by atoms with Crippen LogP contribution in [0.3, 0.4) is 0 Å². The van der Waals surface area contributed by atoms with Crippen molar-refractivity contribution in [3.8, 4) is 0 Å². The molecule has 0 atom stereocenters. The van der Waals surface area contributed by atoms with Crippen molar-refractivity contribution in [3.63, 3.8) is 0 Å². The van der Waals surface area contributed by atoms with Gasteiger partial charge in [-0.3, -0.25) is 14.2 Å². The van der Waals surface area contributed by atoms with Crippen molar-refractivity contribution in [2.24, 2.45) is 7.05 Å². The van der Waals surface area contributed by atoms with E-state index in [4.69, 9.17) is 0 Å². The lowest BCUT2D eigenvalue weighted by atomic mass is 10.1. The quantitative estimate of drug-likeness (QED) is 0.770. The minimum atomic E-state index is -0.0594. The lowest BCUT2D eigenvalue weighted by Crippen LogP contribution is -2.32. The first-order valence-electron chi connectivity index (χ1n) is 8.29. The van der Waals surface area contributed by atoms with Crippen LogP contribution in [0.2, 0.25) is 0 Å². The molecule has 1 aromatic carbocycles. The fraction of sp³-hybridized carbons (Fsp3) is 0.316. The molecule has 0 unspecified atom stereocenters. The SMILES string of the molecule is Cc1ncn(CCNC(=O)Cc2cn(C)c3ccccc23)c(=O)c1C. The zero-order valence-electron chi connectivity index (χ0n) is 14.7. The van der Waals surface area contributed by atoms with E-state index < -0.39 is 0 Å². The van der Waals surface area contributed by atoms with E-state index in [1.54, 1.807) is 6.92 Å². The Hall–Kier alpha value is -2.89. The number of para-hydroxylation sites is 1. The number of aromatic nitrogens is 3. The van der Waals surface area contributed by atoms with E-state index in [0.29, 0.717) is 25.1 Å². The number of carbonyl (C=O) groups is 1. The molecule has 0 saturated carbocycles. The predicted octanol–water partition coefficient (Wildman–Crippen LogP) is 1.71. The molecule has 0 bridgehead atoms. The topological polar surface area (TPSA) is 68.9 Å². The zero-order chi connectivity index (χ0) is 18.0. The average molecular weight is 338 g/mol. The van der Waals surface area contributed by atoms with Gasteiger partial charge in [-0.25, -0.2) is 4.98 Å². The molecule has 1 N–H and O–H groups in total. The molecule has 0 aliphatic heterocycles. The number of benzene rings is 1. The van der Waals surface area contributed by atoms with Crippen molar-refractivity contribution in [2.45, 2.75) is 26.8 Å². The molecule has 3 aromatic rings. The van der Waals surface area contributed by atoms with Gasteiger partial charge in [0.05, 0.1) is 12.7 Å². The minimum absolute atomic E-state index is 0.0544. The summed E-state index contributed by atoms with van der Waals surface area (Å²) < 4.78 is 3.55. The average Bonchev–Trinajstić information content (AvgIpc) is 2.91. The van der Waals surface area contributed by atoms with Gasteiger partial charge < -0.3 is 9.88 Å². The Bertz CT molecular complexity index is 985. The molecule has 0 aliphatic carbocycles. The lowest BCUT2D eigenvalue weighted by molar-refractivity contribution is -0.120. The molecule has 1 amide bonds. The molecule has 0 spiro atoms. The molecule has 130 valence electrons. The molecule has 0 aliphatic rings. The van der Waals surface area contributed by atoms with E-state index in [-0.39, 0.29) is 11.5 Å². The number of amides is 1. The van der Waals surface area contributed by atoms with Crippen LogP contribution < -0.4 is 10.9 Å². The number of rotatable bonds is 5. The summed E-state index contributed by atoms with van der Waals surface area (Å²) in [5.74, 6) is -0.0544. The summed E-state index contributed by atoms with van der Waals surface area (Å²) in [7, 11) is 1.98. The van der Waals surface area contributed by atoms with Crippen LogP contribution in [0.4, 0.5) is 0 Å². The molecule has 2 aromatic heterocycles. The van der Waals surface area contributed by atoms with E-state index in [9.17, 15) is 9.59 Å². The van der Waals surface area contributed by atoms with Crippen LogP contribution in [0.15, 0.2) is 41.6 Å². The second-order valence-corrected chi connectivity index (χ2v) is 6.26. The highest BCUT2D eigenvalue weighted by Crippen LogP contribution is 2.20. The molecule has 25 heavy (non-hydrogen) atoms. The highest BCUT2D eigenvalue weighted by Gasteiger charge is 2.10. The van der Waals surface area contributed by atoms with Gasteiger partial charge in [0.25, 0.3) is 5.56 Å². The molecule has 0 fully saturated rings. The minimum Gasteiger partial charge on any atom is -0.354 e. The van der Waals surface area contributed by atoms with Gasteiger partial charge in [0.1, 0.15) is 0 Å². The van der Waals surface area contributed by atoms with Crippen LogP contribution in [0.1, 0.15) is 16.8 Å². The standard InChI is InChI=1S/C19H22N4O2/c1-13-14(2)21-12-23(19(13)25)9-8-20-18(24)10-15-11-22(3)17-7-5-4-6-16(15)17/h4-7,11-12H,8-10H2,1-3H3,(H,20,24). The number of hydrogen-bond acceptors (Lipinski definition) is 3. The number of hydrogen-bond donors (Lipinski definition) is 1. The third kappa shape index (κ3) is 3.47. The summed E-state index contributed by atoms with van der Waals surface area (Å²) in [6, 6.07) is 8.03. The van der Waals surface area contributed by atoms with Crippen molar-refractivity contribution >= 4 is 16.8 Å². The fourth-order valence-corrected chi connectivity index (χ4v) is 2.95. The van der Waals surface area contributed by atoms with Crippen molar-refractivity contribution in [3.05, 3.63) is 64.0 Å². The van der Waals surface area contributed by atoms with E-state index in [1.807, 2.05) is 49.0 Å². The first kappa shape index (κ1) is 17.0. The third-order valence-corrected chi connectivity index (χ3v) is 4.52. The number of aryl methyl sites for hydroxylation is 2. The van der Waals surface area contributed by atoms with Gasteiger partial charge in [0, 0.05) is 48.5 Å². The van der Waals surface area contributed by atoms with Gasteiger partial charge in [0.2, 0.25) is 5.91 Å². The summed E-state index contributed by atoms with van der Waals surface area (Å²) >= 11 is 0. The van der Waals surface area contributed by atoms with Crippen LogP contribution in [0.5, 0.6) is 0 Å². The summed E-state index contributed by atoms with van der Waals surface area (Å²) in [4.78, 5) is 28.5. The Balaban J connectivity index is 1.62. The summed E-state index contributed by atoms with van der Waals surface area (Å²) in [6.07, 6.45) is 3.84. The summed E-state index contributed by atoms with van der Waals surface area (Å²) in [6.45, 7) is 4.38. The lowest BCUT2D eigenvalue weighted by Gasteiger charge is -2.09. The third-order valence-electron chi connectivity index (χ3n) is 4.52. The molecule has 3 rings (SSSR count). The fourth-order valence-electron chi connectivity index (χ4n) is 2.95. The van der Waals surface area contributed by atoms with Gasteiger partial charge in [0.15, 0.2) is 0 Å². The Kier molecular flexibility index (Phi) is 4.70. The van der Waals surface area contributed by atoms with Crippen molar-refractivity contribution in [1.29, 1.82) is 0 Å². The highest BCUT2D eigenvalue weighted by molar-refractivity contribution is 5.89. The second kappa shape index (κ2) is 6.93. The molecule has 0 saturated heterocycles. The Morgan fingerprint density at radius 2 is 2.00 bits per heavy atom. The summed E-state index contributed by atoms with van der Waals surface area (Å²) in [5, 5.41) is 3.97. The maximum Gasteiger partial charge on any atom is 0.256 e. The molecule has 6 heteroatoms. The van der Waals surface area contributed by atoms with Gasteiger partial charge in [-0.05, 0) is 25.5 Å². The summed E-state index contributed by atoms with van der Waals surface area (Å²) in [5.41, 5.74) is 3.43. The van der Waals surface area contributed by atoms with E-state index in [1.165, 1.54) is 10.9 Å².